The standard InChI is InChI=1S/C10H19BrO5/c1-2-3-4-5-10(15)8(13)6(12)7(16-10)9(11)14/h6-9,12-15H,2-5H2,1H3/t6-,7+,8-,9?,10?/m1/s1. The number of halogens is 1. The van der Waals surface area contributed by atoms with Crippen LogP contribution in [0.3, 0.4) is 0 Å². The Morgan fingerprint density at radius 2 is 2.00 bits per heavy atom. The van der Waals surface area contributed by atoms with E-state index in [0.29, 0.717) is 6.42 Å². The SMILES string of the molecule is CCCCCC1(O)O[C@H](C(O)Br)[C@@H](O)[C@H]1O. The third-order valence-electron chi connectivity index (χ3n) is 2.87. The summed E-state index contributed by atoms with van der Waals surface area (Å²) in [6.07, 6.45) is -0.851. The van der Waals surface area contributed by atoms with E-state index in [0.717, 1.165) is 12.8 Å². The van der Waals surface area contributed by atoms with Crippen molar-refractivity contribution in [2.45, 2.75) is 61.7 Å². The minimum absolute atomic E-state index is 0.245. The van der Waals surface area contributed by atoms with E-state index in [9.17, 15) is 20.4 Å². The fourth-order valence-electron chi connectivity index (χ4n) is 1.88. The molecular formula is C10H19BrO5. The summed E-state index contributed by atoms with van der Waals surface area (Å²) in [5.41, 5.74) is 0. The van der Waals surface area contributed by atoms with Gasteiger partial charge in [-0.3, -0.25) is 0 Å². The molecule has 2 unspecified atom stereocenters. The Labute approximate surface area is 103 Å². The first-order valence-electron chi connectivity index (χ1n) is 5.51. The van der Waals surface area contributed by atoms with Crippen molar-refractivity contribution in [3.05, 3.63) is 0 Å². The first kappa shape index (κ1) is 14.3. The van der Waals surface area contributed by atoms with Crippen molar-refractivity contribution in [3.63, 3.8) is 0 Å². The molecule has 1 heterocycles. The minimum Gasteiger partial charge on any atom is -0.387 e. The van der Waals surface area contributed by atoms with E-state index >= 15 is 0 Å². The van der Waals surface area contributed by atoms with Crippen molar-refractivity contribution in [1.82, 2.24) is 0 Å². The van der Waals surface area contributed by atoms with E-state index in [4.69, 9.17) is 4.74 Å². The molecule has 16 heavy (non-hydrogen) atoms. The Morgan fingerprint density at radius 3 is 2.44 bits per heavy atom. The highest BCUT2D eigenvalue weighted by Crippen LogP contribution is 2.35. The van der Waals surface area contributed by atoms with E-state index in [1.807, 2.05) is 6.92 Å². The topological polar surface area (TPSA) is 90.2 Å². The number of alkyl halides is 1. The van der Waals surface area contributed by atoms with Crippen LogP contribution in [0, 0.1) is 0 Å². The summed E-state index contributed by atoms with van der Waals surface area (Å²) in [7, 11) is 0. The molecule has 0 amide bonds. The van der Waals surface area contributed by atoms with Crippen molar-refractivity contribution in [2.24, 2.45) is 0 Å². The molecule has 0 aliphatic carbocycles. The summed E-state index contributed by atoms with van der Waals surface area (Å²) >= 11 is 2.85. The highest BCUT2D eigenvalue weighted by Gasteiger charge is 2.54. The average Bonchev–Trinajstić information content (AvgIpc) is 2.44. The summed E-state index contributed by atoms with van der Waals surface area (Å²) in [5, 5.41) is 37.4. The molecule has 1 rings (SSSR count). The Hall–Kier alpha value is 0.280. The molecule has 0 aromatic rings. The lowest BCUT2D eigenvalue weighted by molar-refractivity contribution is -0.236. The lowest BCUT2D eigenvalue weighted by Crippen LogP contribution is -2.43. The van der Waals surface area contributed by atoms with Crippen molar-refractivity contribution in [1.29, 1.82) is 0 Å². The number of ether oxygens (including phenoxy) is 1. The molecule has 0 spiro atoms. The van der Waals surface area contributed by atoms with Gasteiger partial charge in [0.15, 0.2) is 5.79 Å². The van der Waals surface area contributed by atoms with Gasteiger partial charge in [0, 0.05) is 6.42 Å². The fraction of sp³-hybridized carbons (Fsp3) is 1.00. The van der Waals surface area contributed by atoms with Gasteiger partial charge in [0.1, 0.15) is 23.3 Å². The summed E-state index contributed by atoms with van der Waals surface area (Å²) in [6.45, 7) is 2.02. The Kier molecular flexibility index (Phi) is 5.15. The molecule has 4 N–H and O–H groups in total. The van der Waals surface area contributed by atoms with Gasteiger partial charge in [0.2, 0.25) is 0 Å². The van der Waals surface area contributed by atoms with Gasteiger partial charge < -0.3 is 25.2 Å². The van der Waals surface area contributed by atoms with Crippen LogP contribution in [0.15, 0.2) is 0 Å². The number of rotatable bonds is 5. The zero-order valence-electron chi connectivity index (χ0n) is 9.21. The number of hydrogen-bond donors (Lipinski definition) is 4. The van der Waals surface area contributed by atoms with Crippen molar-refractivity contribution < 1.29 is 25.2 Å². The molecule has 0 aromatic heterocycles. The average molecular weight is 299 g/mol. The largest absolute Gasteiger partial charge is 0.387 e. The molecule has 0 aromatic carbocycles. The normalized spacial score (nSPS) is 41.2. The van der Waals surface area contributed by atoms with Crippen LogP contribution < -0.4 is 0 Å². The summed E-state index contributed by atoms with van der Waals surface area (Å²) in [4.78, 5) is 0. The number of aliphatic hydroxyl groups excluding tert-OH is 3. The van der Waals surface area contributed by atoms with Gasteiger partial charge in [-0.2, -0.15) is 0 Å². The summed E-state index contributed by atoms with van der Waals surface area (Å²) in [6, 6.07) is 0. The minimum atomic E-state index is -1.76. The molecule has 5 atom stereocenters. The van der Waals surface area contributed by atoms with E-state index in [2.05, 4.69) is 15.9 Å². The molecule has 0 bridgehead atoms. The van der Waals surface area contributed by atoms with Gasteiger partial charge in [-0.1, -0.05) is 35.7 Å². The van der Waals surface area contributed by atoms with Crippen LogP contribution in [0.2, 0.25) is 0 Å². The Bertz CT molecular complexity index is 225. The second kappa shape index (κ2) is 5.75. The molecule has 1 saturated heterocycles. The molecule has 1 aliphatic heterocycles. The van der Waals surface area contributed by atoms with Gasteiger partial charge in [0.05, 0.1) is 0 Å². The van der Waals surface area contributed by atoms with Crippen LogP contribution in [0.5, 0.6) is 0 Å². The van der Waals surface area contributed by atoms with Crippen molar-refractivity contribution >= 4 is 15.9 Å². The lowest BCUT2D eigenvalue weighted by atomic mass is 10.00. The van der Waals surface area contributed by atoms with Gasteiger partial charge in [0.25, 0.3) is 0 Å². The van der Waals surface area contributed by atoms with Crippen LogP contribution in [-0.4, -0.2) is 49.5 Å². The van der Waals surface area contributed by atoms with E-state index in [-0.39, 0.29) is 6.42 Å². The molecular weight excluding hydrogens is 280 g/mol. The van der Waals surface area contributed by atoms with Gasteiger partial charge >= 0.3 is 0 Å². The third kappa shape index (κ3) is 2.94. The highest BCUT2D eigenvalue weighted by atomic mass is 79.9. The molecule has 0 saturated carbocycles. The van der Waals surface area contributed by atoms with E-state index in [1.165, 1.54) is 0 Å². The predicted octanol–water partition coefficient (Wildman–Crippen LogP) is 0.0892. The first-order valence-corrected chi connectivity index (χ1v) is 6.42. The highest BCUT2D eigenvalue weighted by molar-refractivity contribution is 9.09. The predicted molar refractivity (Wildman–Crippen MR) is 60.9 cm³/mol. The zero-order chi connectivity index (χ0) is 12.3. The van der Waals surface area contributed by atoms with Crippen LogP contribution in [0.25, 0.3) is 0 Å². The fourth-order valence-corrected chi connectivity index (χ4v) is 2.30. The third-order valence-corrected chi connectivity index (χ3v) is 3.39. The smallest absolute Gasteiger partial charge is 0.195 e. The van der Waals surface area contributed by atoms with E-state index in [1.54, 1.807) is 0 Å². The summed E-state index contributed by atoms with van der Waals surface area (Å²) in [5.74, 6) is -1.76. The second-order valence-corrected chi connectivity index (χ2v) is 5.13. The van der Waals surface area contributed by atoms with Crippen LogP contribution in [-0.2, 0) is 4.74 Å². The monoisotopic (exact) mass is 298 g/mol. The van der Waals surface area contributed by atoms with Crippen LogP contribution >= 0.6 is 15.9 Å². The number of aliphatic hydroxyl groups is 4. The molecule has 0 radical (unpaired) electrons. The molecule has 1 aliphatic rings. The maximum absolute atomic E-state index is 10.0. The molecule has 5 nitrogen and oxygen atoms in total. The van der Waals surface area contributed by atoms with Gasteiger partial charge in [-0.15, -0.1) is 0 Å². The second-order valence-electron chi connectivity index (χ2n) is 4.19. The first-order chi connectivity index (χ1) is 7.42. The number of hydrogen-bond acceptors (Lipinski definition) is 5. The molecule has 6 heteroatoms. The lowest BCUT2D eigenvalue weighted by Gasteiger charge is -2.26. The zero-order valence-corrected chi connectivity index (χ0v) is 10.8. The van der Waals surface area contributed by atoms with Gasteiger partial charge in [-0.25, -0.2) is 0 Å². The Morgan fingerprint density at radius 1 is 1.38 bits per heavy atom. The van der Waals surface area contributed by atoms with Crippen molar-refractivity contribution in [2.75, 3.05) is 0 Å². The maximum Gasteiger partial charge on any atom is 0.195 e. The van der Waals surface area contributed by atoms with E-state index < -0.39 is 29.1 Å². The molecule has 1 fully saturated rings. The van der Waals surface area contributed by atoms with Crippen LogP contribution in [0.4, 0.5) is 0 Å². The van der Waals surface area contributed by atoms with Crippen LogP contribution in [0.1, 0.15) is 32.6 Å². The molecule has 96 valence electrons. The quantitative estimate of drug-likeness (QED) is 0.427. The Balaban J connectivity index is 2.60. The van der Waals surface area contributed by atoms with Gasteiger partial charge in [-0.05, 0) is 6.42 Å². The maximum atomic E-state index is 10.0. The number of unbranched alkanes of at least 4 members (excludes halogenated alkanes) is 2. The van der Waals surface area contributed by atoms with Crippen molar-refractivity contribution in [3.8, 4) is 0 Å². The summed E-state index contributed by atoms with van der Waals surface area (Å²) < 4.78 is 5.14.